The molecule has 2 aromatic carbocycles. The molecule has 0 atom stereocenters. The Morgan fingerprint density at radius 1 is 1.11 bits per heavy atom. The standard InChI is InChI=1S/C21H26N4O2/c1-27-19-8-4-3-7-18(19)24-21(22)23-15-16-9-11-17(12-10-16)20(26)25-13-5-2-6-14-25/h3-4,7-12H,2,5-6,13-15H2,1H3,(H3,22,23,24). The number of anilines is 1. The third-order valence-electron chi connectivity index (χ3n) is 4.65. The summed E-state index contributed by atoms with van der Waals surface area (Å²) < 4.78 is 5.29. The number of nitrogens with one attached hydrogen (secondary N) is 1. The Bertz CT molecular complexity index is 796. The second-order valence-corrected chi connectivity index (χ2v) is 6.58. The summed E-state index contributed by atoms with van der Waals surface area (Å²) >= 11 is 0. The minimum atomic E-state index is 0.113. The molecule has 1 fully saturated rings. The average molecular weight is 366 g/mol. The summed E-state index contributed by atoms with van der Waals surface area (Å²) in [6.45, 7) is 2.15. The minimum absolute atomic E-state index is 0.113. The maximum absolute atomic E-state index is 12.5. The van der Waals surface area contributed by atoms with Gasteiger partial charge in [0.25, 0.3) is 5.91 Å². The molecule has 0 radical (unpaired) electrons. The highest BCUT2D eigenvalue weighted by molar-refractivity contribution is 5.94. The van der Waals surface area contributed by atoms with Crippen molar-refractivity contribution in [3.05, 3.63) is 59.7 Å². The smallest absolute Gasteiger partial charge is 0.253 e. The molecule has 0 aromatic heterocycles. The normalized spacial score (nSPS) is 14.7. The van der Waals surface area contributed by atoms with Crippen LogP contribution < -0.4 is 15.8 Å². The fourth-order valence-electron chi connectivity index (χ4n) is 3.13. The maximum Gasteiger partial charge on any atom is 0.253 e. The lowest BCUT2D eigenvalue weighted by molar-refractivity contribution is 0.0724. The fraction of sp³-hybridized carbons (Fsp3) is 0.333. The Labute approximate surface area is 160 Å². The molecule has 1 saturated heterocycles. The zero-order chi connectivity index (χ0) is 19.1. The number of ether oxygens (including phenoxy) is 1. The molecule has 1 heterocycles. The second kappa shape index (κ2) is 9.07. The minimum Gasteiger partial charge on any atom is -0.495 e. The monoisotopic (exact) mass is 366 g/mol. The first-order valence-electron chi connectivity index (χ1n) is 9.25. The number of nitrogens with zero attached hydrogens (tertiary/aromatic N) is 2. The van der Waals surface area contributed by atoms with Gasteiger partial charge in [-0.05, 0) is 49.1 Å². The first-order valence-corrected chi connectivity index (χ1v) is 9.25. The zero-order valence-electron chi connectivity index (χ0n) is 15.6. The number of rotatable bonds is 5. The van der Waals surface area contributed by atoms with Crippen molar-refractivity contribution in [3.63, 3.8) is 0 Å². The van der Waals surface area contributed by atoms with E-state index in [2.05, 4.69) is 10.3 Å². The number of benzene rings is 2. The lowest BCUT2D eigenvalue weighted by Crippen LogP contribution is -2.35. The number of piperidine rings is 1. The summed E-state index contributed by atoms with van der Waals surface area (Å²) in [4.78, 5) is 18.8. The third kappa shape index (κ3) is 5.00. The molecule has 27 heavy (non-hydrogen) atoms. The van der Waals surface area contributed by atoms with Gasteiger partial charge in [0, 0.05) is 18.7 Å². The molecule has 6 nitrogen and oxygen atoms in total. The second-order valence-electron chi connectivity index (χ2n) is 6.58. The first kappa shape index (κ1) is 18.8. The van der Waals surface area contributed by atoms with Crippen LogP contribution in [0.15, 0.2) is 53.5 Å². The molecule has 3 N–H and O–H groups in total. The van der Waals surface area contributed by atoms with Crippen molar-refractivity contribution in [3.8, 4) is 5.75 Å². The van der Waals surface area contributed by atoms with Gasteiger partial charge >= 0.3 is 0 Å². The van der Waals surface area contributed by atoms with Crippen LogP contribution in [0.25, 0.3) is 0 Å². The van der Waals surface area contributed by atoms with E-state index in [1.54, 1.807) is 7.11 Å². The molecule has 0 unspecified atom stereocenters. The summed E-state index contributed by atoms with van der Waals surface area (Å²) in [5.41, 5.74) is 8.46. The number of carbonyl (C=O) groups is 1. The van der Waals surface area contributed by atoms with Crippen LogP contribution in [0.5, 0.6) is 5.75 Å². The molecule has 6 heteroatoms. The third-order valence-corrected chi connectivity index (χ3v) is 4.65. The number of aliphatic imine (C=N–C) groups is 1. The molecule has 2 aromatic rings. The number of hydrogen-bond acceptors (Lipinski definition) is 3. The average Bonchev–Trinajstić information content (AvgIpc) is 2.73. The number of para-hydroxylation sites is 2. The van der Waals surface area contributed by atoms with Crippen LogP contribution in [-0.4, -0.2) is 37.0 Å². The van der Waals surface area contributed by atoms with E-state index in [1.807, 2.05) is 53.4 Å². The highest BCUT2D eigenvalue weighted by Gasteiger charge is 2.17. The van der Waals surface area contributed by atoms with Crippen molar-refractivity contribution in [2.45, 2.75) is 25.8 Å². The van der Waals surface area contributed by atoms with Crippen LogP contribution in [0.1, 0.15) is 35.2 Å². The maximum atomic E-state index is 12.5. The van der Waals surface area contributed by atoms with Gasteiger partial charge in [0.15, 0.2) is 5.96 Å². The first-order chi connectivity index (χ1) is 13.2. The Morgan fingerprint density at radius 3 is 2.52 bits per heavy atom. The van der Waals surface area contributed by atoms with E-state index >= 15 is 0 Å². The SMILES string of the molecule is COc1ccccc1NC(N)=NCc1ccc(C(=O)N2CCCCC2)cc1. The van der Waals surface area contributed by atoms with Crippen LogP contribution in [0.2, 0.25) is 0 Å². The van der Waals surface area contributed by atoms with Gasteiger partial charge in [-0.25, -0.2) is 4.99 Å². The number of hydrogen-bond donors (Lipinski definition) is 2. The van der Waals surface area contributed by atoms with Gasteiger partial charge in [-0.1, -0.05) is 24.3 Å². The summed E-state index contributed by atoms with van der Waals surface area (Å²) in [5.74, 6) is 1.13. The molecule has 3 rings (SSSR count). The summed E-state index contributed by atoms with van der Waals surface area (Å²) in [5, 5.41) is 3.05. The number of methoxy groups -OCH3 is 1. The lowest BCUT2D eigenvalue weighted by Gasteiger charge is -2.26. The van der Waals surface area contributed by atoms with Gasteiger partial charge in [0.05, 0.1) is 19.3 Å². The van der Waals surface area contributed by atoms with Crippen molar-refractivity contribution in [2.75, 3.05) is 25.5 Å². The topological polar surface area (TPSA) is 80.0 Å². The molecule has 1 aliphatic heterocycles. The van der Waals surface area contributed by atoms with Crippen LogP contribution in [-0.2, 0) is 6.54 Å². The summed E-state index contributed by atoms with van der Waals surface area (Å²) in [6, 6.07) is 15.1. The Balaban J connectivity index is 1.59. The van der Waals surface area contributed by atoms with Crippen molar-refractivity contribution in [2.24, 2.45) is 10.7 Å². The molecule has 1 aliphatic rings. The molecule has 142 valence electrons. The summed E-state index contributed by atoms with van der Waals surface area (Å²) in [7, 11) is 1.61. The van der Waals surface area contributed by atoms with E-state index in [1.165, 1.54) is 6.42 Å². The Hall–Kier alpha value is -3.02. The Kier molecular flexibility index (Phi) is 6.30. The van der Waals surface area contributed by atoms with E-state index in [9.17, 15) is 4.79 Å². The Morgan fingerprint density at radius 2 is 1.81 bits per heavy atom. The molecule has 0 spiro atoms. The van der Waals surface area contributed by atoms with Crippen LogP contribution >= 0.6 is 0 Å². The van der Waals surface area contributed by atoms with Gasteiger partial charge in [0.2, 0.25) is 0 Å². The van der Waals surface area contributed by atoms with E-state index < -0.39 is 0 Å². The molecule has 0 aliphatic carbocycles. The van der Waals surface area contributed by atoms with Gasteiger partial charge in [-0.3, -0.25) is 4.79 Å². The quantitative estimate of drug-likeness (QED) is 0.629. The number of likely N-dealkylation sites (tertiary alicyclic amines) is 1. The van der Waals surface area contributed by atoms with Crippen LogP contribution in [0.4, 0.5) is 5.69 Å². The summed E-state index contributed by atoms with van der Waals surface area (Å²) in [6.07, 6.45) is 3.40. The van der Waals surface area contributed by atoms with Gasteiger partial charge in [-0.2, -0.15) is 0 Å². The van der Waals surface area contributed by atoms with Crippen molar-refractivity contribution < 1.29 is 9.53 Å². The number of amides is 1. The number of carbonyl (C=O) groups excluding carboxylic acids is 1. The van der Waals surface area contributed by atoms with Crippen LogP contribution in [0.3, 0.4) is 0 Å². The van der Waals surface area contributed by atoms with Gasteiger partial charge in [0.1, 0.15) is 5.75 Å². The van der Waals surface area contributed by atoms with E-state index in [4.69, 9.17) is 10.5 Å². The lowest BCUT2D eigenvalue weighted by atomic mass is 10.1. The molecule has 0 saturated carbocycles. The zero-order valence-corrected chi connectivity index (χ0v) is 15.6. The molecular weight excluding hydrogens is 340 g/mol. The van der Waals surface area contributed by atoms with E-state index in [0.29, 0.717) is 18.3 Å². The van der Waals surface area contributed by atoms with Crippen molar-refractivity contribution >= 4 is 17.6 Å². The fourth-order valence-corrected chi connectivity index (χ4v) is 3.13. The largest absolute Gasteiger partial charge is 0.495 e. The molecular formula is C21H26N4O2. The number of nitrogens with two attached hydrogens (primary N) is 1. The molecule has 1 amide bonds. The highest BCUT2D eigenvalue weighted by atomic mass is 16.5. The van der Waals surface area contributed by atoms with Gasteiger partial charge < -0.3 is 20.7 Å². The van der Waals surface area contributed by atoms with Gasteiger partial charge in [-0.15, -0.1) is 0 Å². The van der Waals surface area contributed by atoms with Crippen molar-refractivity contribution in [1.82, 2.24) is 4.90 Å². The predicted molar refractivity (Wildman–Crippen MR) is 108 cm³/mol. The van der Waals surface area contributed by atoms with Crippen molar-refractivity contribution in [1.29, 1.82) is 0 Å². The van der Waals surface area contributed by atoms with Crippen LogP contribution in [0, 0.1) is 0 Å². The molecule has 0 bridgehead atoms. The highest BCUT2D eigenvalue weighted by Crippen LogP contribution is 2.22. The van der Waals surface area contributed by atoms with E-state index in [-0.39, 0.29) is 5.91 Å². The van der Waals surface area contributed by atoms with E-state index in [0.717, 1.165) is 42.7 Å². The number of guanidine groups is 1. The predicted octanol–water partition coefficient (Wildman–Crippen LogP) is 3.25.